The van der Waals surface area contributed by atoms with Crippen LogP contribution in [0.15, 0.2) is 53.3 Å². The standard InChI is InChI=1S/C17H14O.2C2H6/c1-11-3-5-13-7-8-14-6-4-12(2)10-16(14)17(18)15(13)9-11;2*1-2/h3-10H,1-2H3;2*1-2H3. The molecular weight excluding hydrogens is 268 g/mol. The fraction of sp³-hybridized carbons (Fsp3) is 0.286. The minimum Gasteiger partial charge on any atom is -0.289 e. The van der Waals surface area contributed by atoms with Gasteiger partial charge in [0.25, 0.3) is 0 Å². The van der Waals surface area contributed by atoms with E-state index in [1.165, 1.54) is 0 Å². The summed E-state index contributed by atoms with van der Waals surface area (Å²) in [5, 5.41) is 3.60. The van der Waals surface area contributed by atoms with E-state index in [-0.39, 0.29) is 5.43 Å². The number of benzene rings is 2. The predicted octanol–water partition coefficient (Wildman–Crippen LogP) is 6.02. The van der Waals surface area contributed by atoms with Gasteiger partial charge in [-0.25, -0.2) is 0 Å². The normalized spacial score (nSPS) is 9.55. The van der Waals surface area contributed by atoms with Gasteiger partial charge in [-0.15, -0.1) is 0 Å². The van der Waals surface area contributed by atoms with Crippen molar-refractivity contribution < 1.29 is 0 Å². The van der Waals surface area contributed by atoms with Gasteiger partial charge in [-0.3, -0.25) is 4.79 Å². The minimum atomic E-state index is 0.123. The molecular formula is C21H26O. The van der Waals surface area contributed by atoms with E-state index in [1.54, 1.807) is 0 Å². The van der Waals surface area contributed by atoms with Gasteiger partial charge in [0.05, 0.1) is 0 Å². The smallest absolute Gasteiger partial charge is 0.194 e. The first-order valence-electron chi connectivity index (χ1n) is 8.09. The van der Waals surface area contributed by atoms with Crippen LogP contribution in [0.25, 0.3) is 21.5 Å². The molecule has 0 spiro atoms. The summed E-state index contributed by atoms with van der Waals surface area (Å²) in [4.78, 5) is 12.6. The van der Waals surface area contributed by atoms with E-state index in [1.807, 2.05) is 90.1 Å². The second-order valence-electron chi connectivity index (χ2n) is 4.84. The maximum Gasteiger partial charge on any atom is 0.194 e. The van der Waals surface area contributed by atoms with E-state index in [2.05, 4.69) is 0 Å². The first kappa shape index (κ1) is 17.9. The third kappa shape index (κ3) is 3.73. The van der Waals surface area contributed by atoms with Crippen molar-refractivity contribution in [3.8, 4) is 0 Å². The highest BCUT2D eigenvalue weighted by molar-refractivity contribution is 5.93. The predicted molar refractivity (Wildman–Crippen MR) is 99.9 cm³/mol. The number of hydrogen-bond donors (Lipinski definition) is 0. The number of fused-ring (bicyclic) bond motifs is 2. The molecule has 0 radical (unpaired) electrons. The van der Waals surface area contributed by atoms with E-state index in [9.17, 15) is 4.79 Å². The molecule has 0 N–H and O–H groups in total. The van der Waals surface area contributed by atoms with Crippen LogP contribution in [0.3, 0.4) is 0 Å². The minimum absolute atomic E-state index is 0.123. The summed E-state index contributed by atoms with van der Waals surface area (Å²) in [6.45, 7) is 12.0. The molecule has 0 atom stereocenters. The Morgan fingerprint density at radius 3 is 1.27 bits per heavy atom. The zero-order valence-corrected chi connectivity index (χ0v) is 14.5. The molecule has 0 amide bonds. The van der Waals surface area contributed by atoms with Crippen molar-refractivity contribution in [2.45, 2.75) is 41.5 Å². The van der Waals surface area contributed by atoms with Crippen molar-refractivity contribution in [2.24, 2.45) is 0 Å². The SMILES string of the molecule is CC.CC.Cc1ccc2ccc3ccc(C)cc3c(=O)c2c1. The second kappa shape index (κ2) is 8.33. The van der Waals surface area contributed by atoms with Crippen molar-refractivity contribution in [1.29, 1.82) is 0 Å². The third-order valence-corrected chi connectivity index (χ3v) is 3.35. The van der Waals surface area contributed by atoms with Gasteiger partial charge in [0.1, 0.15) is 0 Å². The maximum atomic E-state index is 12.6. The highest BCUT2D eigenvalue weighted by Gasteiger charge is 2.02. The molecule has 3 aromatic carbocycles. The highest BCUT2D eigenvalue weighted by atomic mass is 16.1. The lowest BCUT2D eigenvalue weighted by atomic mass is 10.1. The van der Waals surface area contributed by atoms with Gasteiger partial charge in [0.15, 0.2) is 5.43 Å². The molecule has 0 aromatic heterocycles. The van der Waals surface area contributed by atoms with Crippen LogP contribution in [-0.4, -0.2) is 0 Å². The van der Waals surface area contributed by atoms with Crippen molar-refractivity contribution >= 4 is 21.5 Å². The van der Waals surface area contributed by atoms with E-state index < -0.39 is 0 Å². The van der Waals surface area contributed by atoms with Crippen molar-refractivity contribution in [3.05, 3.63) is 69.9 Å². The molecule has 1 heteroatoms. The molecule has 0 aliphatic heterocycles. The molecule has 22 heavy (non-hydrogen) atoms. The molecule has 0 heterocycles. The van der Waals surface area contributed by atoms with Crippen LogP contribution < -0.4 is 5.43 Å². The Balaban J connectivity index is 0.000000561. The lowest BCUT2D eigenvalue weighted by Gasteiger charge is -1.95. The quantitative estimate of drug-likeness (QED) is 0.495. The largest absolute Gasteiger partial charge is 0.289 e. The van der Waals surface area contributed by atoms with Crippen LogP contribution in [0.1, 0.15) is 38.8 Å². The van der Waals surface area contributed by atoms with Gasteiger partial charge >= 0.3 is 0 Å². The van der Waals surface area contributed by atoms with Crippen molar-refractivity contribution in [1.82, 2.24) is 0 Å². The van der Waals surface area contributed by atoms with Crippen molar-refractivity contribution in [3.63, 3.8) is 0 Å². The van der Waals surface area contributed by atoms with E-state index in [4.69, 9.17) is 0 Å². The average molecular weight is 294 g/mol. The van der Waals surface area contributed by atoms with Crippen LogP contribution in [0.2, 0.25) is 0 Å². The summed E-state index contributed by atoms with van der Waals surface area (Å²) in [7, 11) is 0. The van der Waals surface area contributed by atoms with Crippen LogP contribution >= 0.6 is 0 Å². The van der Waals surface area contributed by atoms with Crippen LogP contribution in [0, 0.1) is 13.8 Å². The Labute approximate surface area is 133 Å². The highest BCUT2D eigenvalue weighted by Crippen LogP contribution is 2.17. The Morgan fingerprint density at radius 2 is 0.909 bits per heavy atom. The monoisotopic (exact) mass is 294 g/mol. The Morgan fingerprint density at radius 1 is 0.591 bits per heavy atom. The summed E-state index contributed by atoms with van der Waals surface area (Å²) in [6.07, 6.45) is 0. The third-order valence-electron chi connectivity index (χ3n) is 3.35. The fourth-order valence-electron chi connectivity index (χ4n) is 2.35. The maximum absolute atomic E-state index is 12.6. The van der Waals surface area contributed by atoms with Gasteiger partial charge in [-0.2, -0.15) is 0 Å². The number of aryl methyl sites for hydroxylation is 2. The number of hydrogen-bond acceptors (Lipinski definition) is 1. The number of rotatable bonds is 0. The van der Waals surface area contributed by atoms with Gasteiger partial charge in [-0.05, 0) is 36.8 Å². The molecule has 0 fully saturated rings. The van der Waals surface area contributed by atoms with Gasteiger partial charge in [-0.1, -0.05) is 75.2 Å². The van der Waals surface area contributed by atoms with E-state index in [0.717, 1.165) is 32.7 Å². The van der Waals surface area contributed by atoms with E-state index >= 15 is 0 Å². The van der Waals surface area contributed by atoms with Crippen LogP contribution in [0.4, 0.5) is 0 Å². The van der Waals surface area contributed by atoms with Gasteiger partial charge < -0.3 is 0 Å². The van der Waals surface area contributed by atoms with Crippen molar-refractivity contribution in [2.75, 3.05) is 0 Å². The Kier molecular flexibility index (Phi) is 6.78. The second-order valence-corrected chi connectivity index (χ2v) is 4.84. The summed E-state index contributed by atoms with van der Waals surface area (Å²) in [5.74, 6) is 0. The zero-order chi connectivity index (χ0) is 16.7. The first-order chi connectivity index (χ1) is 10.6. The molecule has 0 bridgehead atoms. The van der Waals surface area contributed by atoms with Crippen LogP contribution in [0.5, 0.6) is 0 Å². The van der Waals surface area contributed by atoms with Crippen LogP contribution in [-0.2, 0) is 0 Å². The Bertz CT molecular complexity index is 749. The topological polar surface area (TPSA) is 17.1 Å². The fourth-order valence-corrected chi connectivity index (χ4v) is 2.35. The molecule has 0 aliphatic rings. The lowest BCUT2D eigenvalue weighted by molar-refractivity contribution is 1.50. The molecule has 0 unspecified atom stereocenters. The summed E-state index contributed by atoms with van der Waals surface area (Å²) in [6, 6.07) is 16.1. The molecule has 1 nitrogen and oxygen atoms in total. The van der Waals surface area contributed by atoms with Gasteiger partial charge in [0, 0.05) is 10.8 Å². The first-order valence-corrected chi connectivity index (χ1v) is 8.09. The molecule has 3 rings (SSSR count). The van der Waals surface area contributed by atoms with Gasteiger partial charge in [0.2, 0.25) is 0 Å². The Hall–Kier alpha value is -2.15. The summed E-state index contributed by atoms with van der Waals surface area (Å²) in [5.41, 5.74) is 2.36. The molecule has 3 aromatic rings. The lowest BCUT2D eigenvalue weighted by Crippen LogP contribution is -1.98. The van der Waals surface area contributed by atoms with E-state index in [0.29, 0.717) is 0 Å². The molecule has 116 valence electrons. The summed E-state index contributed by atoms with van der Waals surface area (Å²) < 4.78 is 0. The zero-order valence-electron chi connectivity index (χ0n) is 14.5. The summed E-state index contributed by atoms with van der Waals surface area (Å²) >= 11 is 0. The molecule has 0 saturated heterocycles. The molecule has 0 saturated carbocycles. The average Bonchev–Trinajstić information content (AvgIpc) is 2.69. The molecule has 0 aliphatic carbocycles.